The van der Waals surface area contributed by atoms with Crippen LogP contribution in [0.25, 0.3) is 11.3 Å². The second kappa shape index (κ2) is 4.37. The zero-order valence-electron chi connectivity index (χ0n) is 10.1. The van der Waals surface area contributed by atoms with Crippen LogP contribution in [0.3, 0.4) is 0 Å². The van der Waals surface area contributed by atoms with Gasteiger partial charge < -0.3 is 4.90 Å². The van der Waals surface area contributed by atoms with Crippen LogP contribution >= 0.6 is 0 Å². The van der Waals surface area contributed by atoms with Gasteiger partial charge in [-0.2, -0.15) is 5.10 Å². The maximum Gasteiger partial charge on any atom is 0.266 e. The summed E-state index contributed by atoms with van der Waals surface area (Å²) in [5.74, 6) is 0.832. The van der Waals surface area contributed by atoms with Crippen molar-refractivity contribution in [1.29, 1.82) is 0 Å². The molecule has 88 valence electrons. The topological polar surface area (TPSA) is 51.0 Å². The Hall–Kier alpha value is -2.17. The van der Waals surface area contributed by atoms with Crippen LogP contribution in [-0.2, 0) is 7.05 Å². The van der Waals surface area contributed by atoms with Crippen molar-refractivity contribution in [1.82, 2.24) is 14.8 Å². The number of aromatic nitrogens is 3. The van der Waals surface area contributed by atoms with Crippen LogP contribution in [0, 0.1) is 0 Å². The first kappa shape index (κ1) is 11.3. The van der Waals surface area contributed by atoms with Crippen LogP contribution in [0.5, 0.6) is 0 Å². The molecular weight excluding hydrogens is 216 g/mol. The zero-order valence-corrected chi connectivity index (χ0v) is 10.1. The van der Waals surface area contributed by atoms with Crippen molar-refractivity contribution < 1.29 is 0 Å². The van der Waals surface area contributed by atoms with E-state index >= 15 is 0 Å². The molecule has 0 unspecified atom stereocenters. The number of anilines is 1. The van der Waals surface area contributed by atoms with Crippen molar-refractivity contribution >= 4 is 5.82 Å². The summed E-state index contributed by atoms with van der Waals surface area (Å²) in [6.45, 7) is 0. The molecule has 0 spiro atoms. The lowest BCUT2D eigenvalue weighted by atomic mass is 10.2. The van der Waals surface area contributed by atoms with E-state index in [0.29, 0.717) is 0 Å². The van der Waals surface area contributed by atoms with Crippen LogP contribution in [0.2, 0.25) is 0 Å². The summed E-state index contributed by atoms with van der Waals surface area (Å²) in [6, 6.07) is 7.02. The molecule has 0 saturated heterocycles. The minimum absolute atomic E-state index is 0.121. The molecule has 0 aliphatic heterocycles. The highest BCUT2D eigenvalue weighted by Crippen LogP contribution is 2.24. The van der Waals surface area contributed by atoms with Crippen molar-refractivity contribution in [2.45, 2.75) is 0 Å². The van der Waals surface area contributed by atoms with Gasteiger partial charge in [0.25, 0.3) is 5.56 Å². The summed E-state index contributed by atoms with van der Waals surface area (Å²) in [6.07, 6.45) is 1.74. The molecule has 2 aromatic heterocycles. The highest BCUT2D eigenvalue weighted by molar-refractivity contribution is 5.72. The fourth-order valence-electron chi connectivity index (χ4n) is 1.60. The van der Waals surface area contributed by atoms with Crippen molar-refractivity contribution in [3.05, 3.63) is 40.8 Å². The molecule has 5 nitrogen and oxygen atoms in total. The van der Waals surface area contributed by atoms with E-state index in [9.17, 15) is 4.79 Å². The summed E-state index contributed by atoms with van der Waals surface area (Å²) in [7, 11) is 5.49. The van der Waals surface area contributed by atoms with E-state index < -0.39 is 0 Å². The predicted octanol–water partition coefficient (Wildman–Crippen LogP) is 0.908. The molecule has 2 heterocycles. The van der Waals surface area contributed by atoms with E-state index in [4.69, 9.17) is 0 Å². The Morgan fingerprint density at radius 1 is 1.24 bits per heavy atom. The number of nitrogens with zero attached hydrogens (tertiary/aromatic N) is 4. The van der Waals surface area contributed by atoms with Gasteiger partial charge in [-0.05, 0) is 18.2 Å². The second-order valence-electron chi connectivity index (χ2n) is 3.95. The smallest absolute Gasteiger partial charge is 0.266 e. The van der Waals surface area contributed by atoms with Gasteiger partial charge in [0.15, 0.2) is 0 Å². The lowest BCUT2D eigenvalue weighted by Gasteiger charge is -2.15. The molecule has 0 fully saturated rings. The quantitative estimate of drug-likeness (QED) is 0.769. The number of aryl methyl sites for hydroxylation is 1. The molecule has 2 aromatic rings. The van der Waals surface area contributed by atoms with E-state index in [0.717, 1.165) is 17.1 Å². The van der Waals surface area contributed by atoms with E-state index in [1.165, 1.54) is 10.7 Å². The Morgan fingerprint density at radius 3 is 2.65 bits per heavy atom. The number of pyridine rings is 1. The standard InChI is InChI=1S/C12H14N4O/c1-15(2)12-9(5-4-8-13-12)10-6-7-11(17)16(3)14-10/h4-8H,1-3H3. The van der Waals surface area contributed by atoms with E-state index in [1.807, 2.05) is 31.1 Å². The van der Waals surface area contributed by atoms with E-state index in [2.05, 4.69) is 10.1 Å². The number of rotatable bonds is 2. The lowest BCUT2D eigenvalue weighted by Crippen LogP contribution is -2.19. The molecule has 0 atom stereocenters. The van der Waals surface area contributed by atoms with E-state index in [-0.39, 0.29) is 5.56 Å². The Bertz CT molecular complexity index is 589. The maximum atomic E-state index is 11.3. The summed E-state index contributed by atoms with van der Waals surface area (Å²) in [4.78, 5) is 17.5. The second-order valence-corrected chi connectivity index (χ2v) is 3.95. The highest BCUT2D eigenvalue weighted by atomic mass is 16.1. The summed E-state index contributed by atoms with van der Waals surface area (Å²) >= 11 is 0. The summed E-state index contributed by atoms with van der Waals surface area (Å²) in [5, 5.41) is 4.22. The van der Waals surface area contributed by atoms with Gasteiger partial charge in [-0.1, -0.05) is 0 Å². The van der Waals surface area contributed by atoms with Gasteiger partial charge in [0.05, 0.1) is 5.69 Å². The normalized spacial score (nSPS) is 10.3. The van der Waals surface area contributed by atoms with Gasteiger partial charge in [-0.3, -0.25) is 4.79 Å². The molecule has 0 aromatic carbocycles. The average molecular weight is 230 g/mol. The molecule has 0 N–H and O–H groups in total. The van der Waals surface area contributed by atoms with Crippen LogP contribution in [0.15, 0.2) is 35.3 Å². The van der Waals surface area contributed by atoms with Gasteiger partial charge >= 0.3 is 0 Å². The van der Waals surface area contributed by atoms with Gasteiger partial charge in [0, 0.05) is 39.0 Å². The molecule has 0 bridgehead atoms. The first-order chi connectivity index (χ1) is 8.09. The van der Waals surface area contributed by atoms with Crippen molar-refractivity contribution in [3.8, 4) is 11.3 Å². The molecule has 17 heavy (non-hydrogen) atoms. The van der Waals surface area contributed by atoms with Gasteiger partial charge in [0.2, 0.25) is 0 Å². The van der Waals surface area contributed by atoms with Crippen LogP contribution < -0.4 is 10.5 Å². The Labute approximate surface area is 99.3 Å². The number of hydrogen-bond acceptors (Lipinski definition) is 4. The number of hydrogen-bond donors (Lipinski definition) is 0. The minimum Gasteiger partial charge on any atom is -0.362 e. The van der Waals surface area contributed by atoms with Crippen molar-refractivity contribution in [2.75, 3.05) is 19.0 Å². The third-order valence-electron chi connectivity index (χ3n) is 2.45. The Balaban J connectivity index is 2.60. The molecular formula is C12H14N4O. The molecule has 0 saturated carbocycles. The summed E-state index contributed by atoms with van der Waals surface area (Å²) < 4.78 is 1.32. The van der Waals surface area contributed by atoms with Crippen LogP contribution in [0.4, 0.5) is 5.82 Å². The SMILES string of the molecule is CN(C)c1ncccc1-c1ccc(=O)n(C)n1. The monoisotopic (exact) mass is 230 g/mol. The zero-order chi connectivity index (χ0) is 12.4. The maximum absolute atomic E-state index is 11.3. The predicted molar refractivity (Wildman–Crippen MR) is 67.0 cm³/mol. The van der Waals surface area contributed by atoms with Gasteiger partial charge in [-0.15, -0.1) is 0 Å². The van der Waals surface area contributed by atoms with Crippen molar-refractivity contribution in [2.24, 2.45) is 7.05 Å². The van der Waals surface area contributed by atoms with Crippen molar-refractivity contribution in [3.63, 3.8) is 0 Å². The fourth-order valence-corrected chi connectivity index (χ4v) is 1.60. The molecule has 0 radical (unpaired) electrons. The lowest BCUT2D eigenvalue weighted by molar-refractivity contribution is 0.712. The van der Waals surface area contributed by atoms with Gasteiger partial charge in [-0.25, -0.2) is 9.67 Å². The Kier molecular flexibility index (Phi) is 2.91. The van der Waals surface area contributed by atoms with E-state index in [1.54, 1.807) is 19.3 Å². The van der Waals surface area contributed by atoms with Crippen LogP contribution in [-0.4, -0.2) is 28.9 Å². The largest absolute Gasteiger partial charge is 0.362 e. The molecule has 0 aliphatic rings. The molecule has 2 rings (SSSR count). The molecule has 5 heteroatoms. The highest BCUT2D eigenvalue weighted by Gasteiger charge is 2.09. The molecule has 0 amide bonds. The minimum atomic E-state index is -0.121. The third-order valence-corrected chi connectivity index (χ3v) is 2.45. The van der Waals surface area contributed by atoms with Crippen LogP contribution in [0.1, 0.15) is 0 Å². The fraction of sp³-hybridized carbons (Fsp3) is 0.250. The Morgan fingerprint density at radius 2 is 2.00 bits per heavy atom. The molecule has 0 aliphatic carbocycles. The van der Waals surface area contributed by atoms with Gasteiger partial charge in [0.1, 0.15) is 5.82 Å². The average Bonchev–Trinajstić information content (AvgIpc) is 2.32. The summed E-state index contributed by atoms with van der Waals surface area (Å²) in [5.41, 5.74) is 1.53. The first-order valence-corrected chi connectivity index (χ1v) is 5.26. The third kappa shape index (κ3) is 2.18. The first-order valence-electron chi connectivity index (χ1n) is 5.26.